The Labute approximate surface area is 146 Å². The first-order valence-corrected chi connectivity index (χ1v) is 9.22. The zero-order valence-electron chi connectivity index (χ0n) is 13.9. The highest BCUT2D eigenvalue weighted by atomic mass is 32.1. The maximum Gasteiger partial charge on any atom is 0.225 e. The van der Waals surface area contributed by atoms with Gasteiger partial charge in [0, 0.05) is 42.8 Å². The van der Waals surface area contributed by atoms with E-state index in [1.807, 2.05) is 36.7 Å². The fourth-order valence-corrected chi connectivity index (χ4v) is 3.64. The lowest BCUT2D eigenvalue weighted by molar-refractivity contribution is -0.121. The number of likely N-dealkylation sites (tertiary alicyclic amines) is 1. The zero-order chi connectivity index (χ0) is 16.8. The Morgan fingerprint density at radius 3 is 3.08 bits per heavy atom. The van der Waals surface area contributed by atoms with Crippen LogP contribution in [0.3, 0.4) is 0 Å². The van der Waals surface area contributed by atoms with Crippen molar-refractivity contribution >= 4 is 17.2 Å². The normalized spacial score (nSPS) is 17.8. The first kappa shape index (κ1) is 16.9. The van der Waals surface area contributed by atoms with Crippen LogP contribution in [-0.4, -0.2) is 41.5 Å². The smallest absolute Gasteiger partial charge is 0.225 e. The molecule has 2 aromatic heterocycles. The molecule has 1 N–H and O–H groups in total. The number of rotatable bonds is 7. The number of thiophene rings is 1. The van der Waals surface area contributed by atoms with E-state index in [1.165, 1.54) is 5.56 Å². The second kappa shape index (κ2) is 8.26. The molecule has 1 aliphatic rings. The number of carbonyl (C=O) groups is 1. The van der Waals surface area contributed by atoms with Gasteiger partial charge in [-0.2, -0.15) is 0 Å². The van der Waals surface area contributed by atoms with Crippen LogP contribution in [0.2, 0.25) is 0 Å². The van der Waals surface area contributed by atoms with Crippen LogP contribution >= 0.6 is 11.3 Å². The highest BCUT2D eigenvalue weighted by Crippen LogP contribution is 2.15. The van der Waals surface area contributed by atoms with Gasteiger partial charge in [0.1, 0.15) is 0 Å². The van der Waals surface area contributed by atoms with Crippen molar-refractivity contribution in [2.24, 2.45) is 0 Å². The molecular formula is C18H23N3O2S. The third-order valence-corrected chi connectivity index (χ3v) is 4.92. The van der Waals surface area contributed by atoms with Crippen molar-refractivity contribution < 1.29 is 9.53 Å². The molecule has 24 heavy (non-hydrogen) atoms. The van der Waals surface area contributed by atoms with Gasteiger partial charge in [-0.1, -0.05) is 12.1 Å². The van der Waals surface area contributed by atoms with Crippen LogP contribution in [0.1, 0.15) is 23.8 Å². The lowest BCUT2D eigenvalue weighted by atomic mass is 10.2. The molecule has 1 unspecified atom stereocenters. The van der Waals surface area contributed by atoms with Gasteiger partial charge in [-0.3, -0.25) is 9.69 Å². The number of amides is 1. The first-order valence-electron chi connectivity index (χ1n) is 8.34. The van der Waals surface area contributed by atoms with Crippen LogP contribution in [0, 0.1) is 0 Å². The molecule has 0 aromatic carbocycles. The van der Waals surface area contributed by atoms with Gasteiger partial charge in [0.2, 0.25) is 11.8 Å². The average Bonchev–Trinajstić information content (AvgIpc) is 3.22. The van der Waals surface area contributed by atoms with Gasteiger partial charge in [0.25, 0.3) is 0 Å². The minimum Gasteiger partial charge on any atom is -0.478 e. The van der Waals surface area contributed by atoms with Crippen molar-refractivity contribution in [1.82, 2.24) is 15.2 Å². The minimum absolute atomic E-state index is 0.118. The summed E-state index contributed by atoms with van der Waals surface area (Å²) in [6, 6.07) is 8.20. The Kier molecular flexibility index (Phi) is 5.82. The summed E-state index contributed by atoms with van der Waals surface area (Å²) < 4.78 is 5.36. The van der Waals surface area contributed by atoms with E-state index in [1.54, 1.807) is 11.3 Å². The van der Waals surface area contributed by atoms with Crippen molar-refractivity contribution in [2.75, 3.05) is 19.7 Å². The number of aromatic nitrogens is 1. The number of hydrogen-bond donors (Lipinski definition) is 1. The molecule has 1 aliphatic heterocycles. The van der Waals surface area contributed by atoms with Crippen LogP contribution in [0.4, 0.5) is 0 Å². The van der Waals surface area contributed by atoms with Gasteiger partial charge in [0.15, 0.2) is 0 Å². The Bertz CT molecular complexity index is 643. The molecule has 1 amide bonds. The summed E-state index contributed by atoms with van der Waals surface area (Å²) in [6.45, 7) is 5.33. The number of carbonyl (C=O) groups excluding carboxylic acids is 1. The molecule has 0 saturated carbocycles. The molecule has 3 heterocycles. The second-order valence-electron chi connectivity index (χ2n) is 5.98. The highest BCUT2D eigenvalue weighted by Gasteiger charge is 2.24. The van der Waals surface area contributed by atoms with E-state index < -0.39 is 0 Å². The molecule has 1 saturated heterocycles. The third kappa shape index (κ3) is 4.79. The maximum absolute atomic E-state index is 12.1. The van der Waals surface area contributed by atoms with E-state index in [2.05, 4.69) is 21.3 Å². The Hall–Kier alpha value is -1.92. The Morgan fingerprint density at radius 1 is 1.46 bits per heavy atom. The van der Waals surface area contributed by atoms with Crippen molar-refractivity contribution in [1.29, 1.82) is 0 Å². The molecule has 0 spiro atoms. The second-order valence-corrected chi connectivity index (χ2v) is 7.01. The quantitative estimate of drug-likeness (QED) is 0.838. The standard InChI is InChI=1S/C18H23N3O2S/c1-2-23-18-6-5-14(11-19-18)12-21-8-7-15(13-21)20-17(22)10-16-4-3-9-24-16/h3-6,9,11,15H,2,7-8,10,12-13H2,1H3,(H,20,22). The topological polar surface area (TPSA) is 54.5 Å². The Morgan fingerprint density at radius 2 is 2.38 bits per heavy atom. The average molecular weight is 345 g/mol. The predicted molar refractivity (Wildman–Crippen MR) is 95.3 cm³/mol. The largest absolute Gasteiger partial charge is 0.478 e. The molecule has 3 rings (SSSR count). The maximum atomic E-state index is 12.1. The van der Waals surface area contributed by atoms with E-state index >= 15 is 0 Å². The number of ether oxygens (including phenoxy) is 1. The molecule has 1 atom stereocenters. The van der Waals surface area contributed by atoms with E-state index in [4.69, 9.17) is 4.74 Å². The van der Waals surface area contributed by atoms with Crippen LogP contribution < -0.4 is 10.1 Å². The van der Waals surface area contributed by atoms with Gasteiger partial charge >= 0.3 is 0 Å². The highest BCUT2D eigenvalue weighted by molar-refractivity contribution is 7.10. The molecule has 128 valence electrons. The van der Waals surface area contributed by atoms with Crippen molar-refractivity contribution in [3.8, 4) is 5.88 Å². The Balaban J connectivity index is 1.44. The number of nitrogens with zero attached hydrogens (tertiary/aromatic N) is 2. The number of nitrogens with one attached hydrogen (secondary N) is 1. The van der Waals surface area contributed by atoms with Gasteiger partial charge in [0.05, 0.1) is 13.0 Å². The molecule has 0 radical (unpaired) electrons. The lowest BCUT2D eigenvalue weighted by Gasteiger charge is -2.16. The van der Waals surface area contributed by atoms with Crippen molar-refractivity contribution in [3.05, 3.63) is 46.3 Å². The molecule has 6 heteroatoms. The van der Waals surface area contributed by atoms with E-state index in [9.17, 15) is 4.79 Å². The van der Waals surface area contributed by atoms with Crippen LogP contribution in [0.5, 0.6) is 5.88 Å². The van der Waals surface area contributed by atoms with Gasteiger partial charge in [-0.05, 0) is 30.4 Å². The fraction of sp³-hybridized carbons (Fsp3) is 0.444. The minimum atomic E-state index is 0.118. The summed E-state index contributed by atoms with van der Waals surface area (Å²) in [6.07, 6.45) is 3.35. The number of hydrogen-bond acceptors (Lipinski definition) is 5. The zero-order valence-corrected chi connectivity index (χ0v) is 14.7. The van der Waals surface area contributed by atoms with Gasteiger partial charge < -0.3 is 10.1 Å². The van der Waals surface area contributed by atoms with Crippen molar-refractivity contribution in [2.45, 2.75) is 32.4 Å². The summed E-state index contributed by atoms with van der Waals surface area (Å²) in [5.41, 5.74) is 1.17. The molecule has 0 aliphatic carbocycles. The van der Waals surface area contributed by atoms with Gasteiger partial charge in [-0.15, -0.1) is 11.3 Å². The summed E-state index contributed by atoms with van der Waals surface area (Å²) >= 11 is 1.63. The summed E-state index contributed by atoms with van der Waals surface area (Å²) in [4.78, 5) is 19.9. The molecular weight excluding hydrogens is 322 g/mol. The monoisotopic (exact) mass is 345 g/mol. The van der Waals surface area contributed by atoms with Crippen LogP contribution in [0.25, 0.3) is 0 Å². The SMILES string of the molecule is CCOc1ccc(CN2CCC(NC(=O)Cc3cccs3)C2)cn1. The van der Waals surface area contributed by atoms with Crippen LogP contribution in [0.15, 0.2) is 35.8 Å². The molecule has 1 fully saturated rings. The fourth-order valence-electron chi connectivity index (χ4n) is 2.94. The van der Waals surface area contributed by atoms with Crippen molar-refractivity contribution in [3.63, 3.8) is 0 Å². The number of pyridine rings is 1. The molecule has 5 nitrogen and oxygen atoms in total. The summed E-state index contributed by atoms with van der Waals surface area (Å²) in [5, 5.41) is 5.15. The van der Waals surface area contributed by atoms with E-state index in [0.717, 1.165) is 30.9 Å². The predicted octanol–water partition coefficient (Wildman–Crippen LogP) is 2.48. The first-order chi connectivity index (χ1) is 11.7. The van der Waals surface area contributed by atoms with Gasteiger partial charge in [-0.25, -0.2) is 4.98 Å². The lowest BCUT2D eigenvalue weighted by Crippen LogP contribution is -2.37. The van der Waals surface area contributed by atoms with E-state index in [-0.39, 0.29) is 11.9 Å². The third-order valence-electron chi connectivity index (χ3n) is 4.05. The summed E-state index contributed by atoms with van der Waals surface area (Å²) in [5.74, 6) is 0.786. The summed E-state index contributed by atoms with van der Waals surface area (Å²) in [7, 11) is 0. The molecule has 0 bridgehead atoms. The van der Waals surface area contributed by atoms with E-state index in [0.29, 0.717) is 18.9 Å². The van der Waals surface area contributed by atoms with Crippen LogP contribution in [-0.2, 0) is 17.8 Å². The molecule has 2 aromatic rings.